The lowest BCUT2D eigenvalue weighted by atomic mass is 9.86. The molecule has 1 N–H and O–H groups in total. The topological polar surface area (TPSA) is 84.1 Å². The number of ether oxygens (including phenoxy) is 3. The molecule has 0 bridgehead atoms. The molecule has 2 aliphatic rings. The molecular weight excluding hydrogens is 434 g/mol. The molecule has 0 radical (unpaired) electrons. The summed E-state index contributed by atoms with van der Waals surface area (Å²) in [5, 5.41) is 1.08. The van der Waals surface area contributed by atoms with Crippen LogP contribution in [-0.2, 0) is 20.7 Å². The maximum atomic E-state index is 13.6. The van der Waals surface area contributed by atoms with E-state index in [1.165, 1.54) is 0 Å². The standard InChI is InChI=1S/C26H29N3O5/c1-32-12-6-11-28-15-23(30)29-20(26(28)31)14-18-17-7-4-5-8-19(17)27-24(18)25(29)16-9-10-21(33-2)22(13-16)34-3/h4-5,7-10,13,20,25,27H,6,11-12,14-15H2,1-3H3/t20-,25-/m0/s1. The Labute approximate surface area is 198 Å². The lowest BCUT2D eigenvalue weighted by molar-refractivity contribution is -0.158. The molecule has 2 amide bonds. The minimum absolute atomic E-state index is 0.0166. The van der Waals surface area contributed by atoms with Crippen LogP contribution in [-0.4, -0.2) is 73.7 Å². The van der Waals surface area contributed by atoms with Crippen molar-refractivity contribution < 1.29 is 23.8 Å². The van der Waals surface area contributed by atoms with Gasteiger partial charge >= 0.3 is 0 Å². The maximum absolute atomic E-state index is 13.6. The van der Waals surface area contributed by atoms with Gasteiger partial charge in [0.05, 0.1) is 26.8 Å². The smallest absolute Gasteiger partial charge is 0.246 e. The Kier molecular flexibility index (Phi) is 5.91. The number of amides is 2. The molecule has 1 aromatic heterocycles. The van der Waals surface area contributed by atoms with E-state index < -0.39 is 12.1 Å². The Morgan fingerprint density at radius 2 is 1.82 bits per heavy atom. The average Bonchev–Trinajstić information content (AvgIpc) is 3.23. The molecule has 1 saturated heterocycles. The number of benzene rings is 2. The van der Waals surface area contributed by atoms with Crippen molar-refractivity contribution in [2.45, 2.75) is 24.9 Å². The second-order valence-corrected chi connectivity index (χ2v) is 8.71. The third-order valence-electron chi connectivity index (χ3n) is 6.84. The Morgan fingerprint density at radius 1 is 1.03 bits per heavy atom. The SMILES string of the molecule is COCCCN1CC(=O)N2[C@@H](c3ccc(OC)c(OC)c3)c3[nH]c4ccccc4c3C[C@H]2C1=O. The summed E-state index contributed by atoms with van der Waals surface area (Å²) in [6.45, 7) is 1.12. The number of nitrogens with one attached hydrogen (secondary N) is 1. The van der Waals surface area contributed by atoms with Gasteiger partial charge in [0.15, 0.2) is 11.5 Å². The Morgan fingerprint density at radius 3 is 2.59 bits per heavy atom. The summed E-state index contributed by atoms with van der Waals surface area (Å²) in [7, 11) is 4.82. The first kappa shape index (κ1) is 22.3. The molecule has 0 unspecified atom stereocenters. The monoisotopic (exact) mass is 463 g/mol. The fraction of sp³-hybridized carbons (Fsp3) is 0.385. The number of methoxy groups -OCH3 is 3. The van der Waals surface area contributed by atoms with Gasteiger partial charge in [-0.1, -0.05) is 24.3 Å². The van der Waals surface area contributed by atoms with E-state index in [2.05, 4.69) is 11.1 Å². The van der Waals surface area contributed by atoms with Gasteiger partial charge in [-0.3, -0.25) is 9.59 Å². The molecule has 2 aliphatic heterocycles. The van der Waals surface area contributed by atoms with Crippen LogP contribution in [0, 0.1) is 0 Å². The van der Waals surface area contributed by atoms with Gasteiger partial charge in [-0.2, -0.15) is 0 Å². The van der Waals surface area contributed by atoms with Crippen molar-refractivity contribution in [3.05, 3.63) is 59.3 Å². The zero-order chi connectivity index (χ0) is 23.8. The van der Waals surface area contributed by atoms with E-state index in [4.69, 9.17) is 14.2 Å². The lowest BCUT2D eigenvalue weighted by Gasteiger charge is -2.47. The van der Waals surface area contributed by atoms with Crippen LogP contribution in [0.5, 0.6) is 11.5 Å². The van der Waals surface area contributed by atoms with Crippen LogP contribution in [0.4, 0.5) is 0 Å². The van der Waals surface area contributed by atoms with E-state index in [0.29, 0.717) is 37.5 Å². The van der Waals surface area contributed by atoms with Gasteiger partial charge in [-0.05, 0) is 35.7 Å². The summed E-state index contributed by atoms with van der Waals surface area (Å²) in [6, 6.07) is 12.8. The number of carbonyl (C=O) groups is 2. The van der Waals surface area contributed by atoms with E-state index in [-0.39, 0.29) is 18.4 Å². The van der Waals surface area contributed by atoms with Gasteiger partial charge in [-0.25, -0.2) is 0 Å². The maximum Gasteiger partial charge on any atom is 0.246 e. The van der Waals surface area contributed by atoms with Crippen molar-refractivity contribution in [3.8, 4) is 11.5 Å². The minimum Gasteiger partial charge on any atom is -0.493 e. The molecule has 3 aromatic rings. The van der Waals surface area contributed by atoms with Crippen LogP contribution in [0.1, 0.15) is 29.3 Å². The highest BCUT2D eigenvalue weighted by molar-refractivity contribution is 5.97. The first-order valence-electron chi connectivity index (χ1n) is 11.5. The number of aromatic nitrogens is 1. The van der Waals surface area contributed by atoms with Crippen molar-refractivity contribution >= 4 is 22.7 Å². The second-order valence-electron chi connectivity index (χ2n) is 8.71. The zero-order valence-corrected chi connectivity index (χ0v) is 19.7. The number of fused-ring (bicyclic) bond motifs is 4. The Hall–Kier alpha value is -3.52. The molecule has 3 heterocycles. The van der Waals surface area contributed by atoms with Crippen molar-refractivity contribution in [1.82, 2.24) is 14.8 Å². The first-order chi connectivity index (χ1) is 16.6. The van der Waals surface area contributed by atoms with Crippen LogP contribution in [0.25, 0.3) is 10.9 Å². The van der Waals surface area contributed by atoms with E-state index in [0.717, 1.165) is 27.7 Å². The molecule has 2 aromatic carbocycles. The number of para-hydroxylation sites is 1. The van der Waals surface area contributed by atoms with Crippen molar-refractivity contribution in [3.63, 3.8) is 0 Å². The summed E-state index contributed by atoms with van der Waals surface area (Å²) in [5.74, 6) is 1.11. The van der Waals surface area contributed by atoms with Crippen LogP contribution >= 0.6 is 0 Å². The molecule has 8 nitrogen and oxygen atoms in total. The summed E-state index contributed by atoms with van der Waals surface area (Å²) in [4.78, 5) is 34.1. The van der Waals surface area contributed by atoms with Gasteiger partial charge in [0, 0.05) is 43.3 Å². The predicted molar refractivity (Wildman–Crippen MR) is 127 cm³/mol. The van der Waals surface area contributed by atoms with Gasteiger partial charge in [0.2, 0.25) is 11.8 Å². The normalized spacial score (nSPS) is 19.9. The fourth-order valence-corrected chi connectivity index (χ4v) is 5.28. The van der Waals surface area contributed by atoms with Crippen LogP contribution in [0.2, 0.25) is 0 Å². The van der Waals surface area contributed by atoms with Gasteiger partial charge in [0.1, 0.15) is 6.04 Å². The molecule has 0 spiro atoms. The van der Waals surface area contributed by atoms with Gasteiger partial charge in [0.25, 0.3) is 0 Å². The molecule has 5 rings (SSSR count). The number of hydrogen-bond donors (Lipinski definition) is 1. The molecule has 1 fully saturated rings. The largest absolute Gasteiger partial charge is 0.493 e. The van der Waals surface area contributed by atoms with Gasteiger partial charge < -0.3 is 29.0 Å². The molecule has 8 heteroatoms. The van der Waals surface area contributed by atoms with E-state index >= 15 is 0 Å². The fourth-order valence-electron chi connectivity index (χ4n) is 5.28. The zero-order valence-electron chi connectivity index (χ0n) is 19.7. The van der Waals surface area contributed by atoms with Crippen molar-refractivity contribution in [2.75, 3.05) is 41.0 Å². The second kappa shape index (κ2) is 9.02. The number of hydrogen-bond acceptors (Lipinski definition) is 5. The first-order valence-corrected chi connectivity index (χ1v) is 11.5. The van der Waals surface area contributed by atoms with Crippen molar-refractivity contribution in [1.29, 1.82) is 0 Å². The highest BCUT2D eigenvalue weighted by Gasteiger charge is 2.48. The number of rotatable bonds is 7. The average molecular weight is 464 g/mol. The third-order valence-corrected chi connectivity index (χ3v) is 6.84. The molecule has 34 heavy (non-hydrogen) atoms. The van der Waals surface area contributed by atoms with Crippen LogP contribution in [0.15, 0.2) is 42.5 Å². The minimum atomic E-state index is -0.561. The summed E-state index contributed by atoms with van der Waals surface area (Å²) >= 11 is 0. The van der Waals surface area contributed by atoms with Crippen LogP contribution in [0.3, 0.4) is 0 Å². The number of carbonyl (C=O) groups excluding carboxylic acids is 2. The van der Waals surface area contributed by atoms with E-state index in [1.807, 2.05) is 36.4 Å². The summed E-state index contributed by atoms with van der Waals surface area (Å²) in [6.07, 6.45) is 1.17. The molecule has 0 aliphatic carbocycles. The van der Waals surface area contributed by atoms with Crippen LogP contribution < -0.4 is 9.47 Å². The molecular formula is C26H29N3O5. The number of aromatic amines is 1. The van der Waals surface area contributed by atoms with Crippen molar-refractivity contribution in [2.24, 2.45) is 0 Å². The van der Waals surface area contributed by atoms with Gasteiger partial charge in [-0.15, -0.1) is 0 Å². The third kappa shape index (κ3) is 3.58. The molecule has 178 valence electrons. The highest BCUT2D eigenvalue weighted by atomic mass is 16.5. The Balaban J connectivity index is 1.63. The summed E-state index contributed by atoms with van der Waals surface area (Å²) in [5.41, 5.74) is 3.88. The molecule has 2 atom stereocenters. The van der Waals surface area contributed by atoms with E-state index in [1.54, 1.807) is 31.1 Å². The Bertz CT molecular complexity index is 1240. The number of piperazine rings is 1. The number of H-pyrrole nitrogens is 1. The number of nitrogens with zero attached hydrogens (tertiary/aromatic N) is 2. The lowest BCUT2D eigenvalue weighted by Crippen LogP contribution is -2.63. The predicted octanol–water partition coefficient (Wildman–Crippen LogP) is 2.91. The van der Waals surface area contributed by atoms with E-state index in [9.17, 15) is 9.59 Å². The summed E-state index contributed by atoms with van der Waals surface area (Å²) < 4.78 is 16.1. The highest BCUT2D eigenvalue weighted by Crippen LogP contribution is 2.44. The quantitative estimate of drug-likeness (QED) is 0.545. The molecule has 0 saturated carbocycles.